The highest BCUT2D eigenvalue weighted by atomic mass is 16.2. The Hall–Kier alpha value is -2.90. The van der Waals surface area contributed by atoms with E-state index in [-0.39, 0.29) is 24.4 Å². The molecule has 0 aromatic heterocycles. The number of aryl methyl sites for hydroxylation is 1. The Labute approximate surface area is 176 Å². The third-order valence-electron chi connectivity index (χ3n) is 6.47. The number of carbonyl (C=O) groups excluding carboxylic acids is 4. The highest BCUT2D eigenvalue weighted by Crippen LogP contribution is 2.39. The van der Waals surface area contributed by atoms with Gasteiger partial charge in [-0.1, -0.05) is 25.3 Å². The van der Waals surface area contributed by atoms with Gasteiger partial charge >= 0.3 is 6.03 Å². The van der Waals surface area contributed by atoms with Gasteiger partial charge in [-0.25, -0.2) is 4.79 Å². The first kappa shape index (κ1) is 20.4. The largest absolute Gasteiger partial charge is 0.349 e. The molecule has 0 unspecified atom stereocenters. The van der Waals surface area contributed by atoms with E-state index in [0.29, 0.717) is 24.1 Å². The van der Waals surface area contributed by atoms with E-state index in [0.717, 1.165) is 42.6 Å². The van der Waals surface area contributed by atoms with Gasteiger partial charge in [0.25, 0.3) is 11.8 Å². The zero-order valence-corrected chi connectivity index (χ0v) is 17.5. The maximum Gasteiger partial charge on any atom is 0.327 e. The smallest absolute Gasteiger partial charge is 0.327 e. The molecule has 2 aliphatic carbocycles. The quantitative estimate of drug-likeness (QED) is 0.726. The monoisotopic (exact) mass is 412 g/mol. The lowest BCUT2D eigenvalue weighted by Crippen LogP contribution is -2.49. The predicted octanol–water partition coefficient (Wildman–Crippen LogP) is 2.42. The molecule has 1 aliphatic heterocycles. The minimum Gasteiger partial charge on any atom is -0.349 e. The molecule has 160 valence electrons. The van der Waals surface area contributed by atoms with Gasteiger partial charge in [0.15, 0.2) is 0 Å². The first-order valence-electron chi connectivity index (χ1n) is 10.6. The molecule has 0 bridgehead atoms. The van der Waals surface area contributed by atoms with E-state index in [1.54, 1.807) is 25.2 Å². The Balaban J connectivity index is 1.45. The number of nitrogens with one attached hydrogen (secondary N) is 2. The standard InChI is InChI=1S/C22H28N4O4/c1-14-6-7-15(19(28)23-16-8-9-16)12-17(14)24-18(27)13-26-20(29)22(25(2)21(26)30)10-4-3-5-11-22/h6-7,12,16H,3-5,8-11,13H2,1-2H3,(H,23,28)(H,24,27). The Morgan fingerprint density at radius 3 is 2.50 bits per heavy atom. The Morgan fingerprint density at radius 2 is 1.83 bits per heavy atom. The molecule has 5 amide bonds. The molecule has 4 rings (SSSR count). The predicted molar refractivity (Wildman–Crippen MR) is 111 cm³/mol. The van der Waals surface area contributed by atoms with Gasteiger partial charge in [-0.15, -0.1) is 0 Å². The molecule has 2 saturated carbocycles. The molecule has 1 heterocycles. The normalized spacial score (nSPS) is 20.6. The van der Waals surface area contributed by atoms with Crippen molar-refractivity contribution in [1.29, 1.82) is 0 Å². The molecule has 2 N–H and O–H groups in total. The summed E-state index contributed by atoms with van der Waals surface area (Å²) >= 11 is 0. The van der Waals surface area contributed by atoms with Crippen molar-refractivity contribution in [3.05, 3.63) is 29.3 Å². The number of rotatable bonds is 5. The molecular formula is C22H28N4O4. The summed E-state index contributed by atoms with van der Waals surface area (Å²) in [6.07, 6.45) is 6.13. The highest BCUT2D eigenvalue weighted by Gasteiger charge is 2.55. The summed E-state index contributed by atoms with van der Waals surface area (Å²) in [6, 6.07) is 4.94. The van der Waals surface area contributed by atoms with Gasteiger partial charge in [-0.3, -0.25) is 19.3 Å². The minimum atomic E-state index is -0.799. The summed E-state index contributed by atoms with van der Waals surface area (Å²) < 4.78 is 0. The molecule has 30 heavy (non-hydrogen) atoms. The number of nitrogens with zero attached hydrogens (tertiary/aromatic N) is 2. The molecule has 3 fully saturated rings. The van der Waals surface area contributed by atoms with Crippen molar-refractivity contribution in [2.75, 3.05) is 18.9 Å². The van der Waals surface area contributed by atoms with Crippen LogP contribution in [0.1, 0.15) is 60.9 Å². The van der Waals surface area contributed by atoms with Crippen LogP contribution in [0.2, 0.25) is 0 Å². The molecule has 8 heteroatoms. The summed E-state index contributed by atoms with van der Waals surface area (Å²) in [5, 5.41) is 5.69. The number of imide groups is 1. The second kappa shape index (κ2) is 7.74. The van der Waals surface area contributed by atoms with Crippen molar-refractivity contribution in [3.8, 4) is 0 Å². The molecule has 8 nitrogen and oxygen atoms in total. The van der Waals surface area contributed by atoms with Crippen LogP contribution in [0.15, 0.2) is 18.2 Å². The van der Waals surface area contributed by atoms with Gasteiger partial charge in [0, 0.05) is 24.3 Å². The molecule has 3 aliphatic rings. The highest BCUT2D eigenvalue weighted by molar-refractivity contribution is 6.10. The molecule has 0 radical (unpaired) electrons. The summed E-state index contributed by atoms with van der Waals surface area (Å²) in [4.78, 5) is 53.3. The fourth-order valence-corrected chi connectivity index (χ4v) is 4.40. The number of likely N-dealkylation sites (N-methyl/N-ethyl adjacent to an activating group) is 1. The van der Waals surface area contributed by atoms with Crippen molar-refractivity contribution in [3.63, 3.8) is 0 Å². The van der Waals surface area contributed by atoms with Crippen molar-refractivity contribution >= 4 is 29.4 Å². The Bertz CT molecular complexity index is 902. The van der Waals surface area contributed by atoms with Crippen LogP contribution >= 0.6 is 0 Å². The van der Waals surface area contributed by atoms with Gasteiger partial charge in [-0.2, -0.15) is 0 Å². The fourth-order valence-electron chi connectivity index (χ4n) is 4.40. The van der Waals surface area contributed by atoms with Gasteiger partial charge in [-0.05, 0) is 50.3 Å². The van der Waals surface area contributed by atoms with Crippen LogP contribution in [0.25, 0.3) is 0 Å². The van der Waals surface area contributed by atoms with Crippen molar-refractivity contribution in [2.45, 2.75) is 63.5 Å². The van der Waals surface area contributed by atoms with Crippen LogP contribution in [0.5, 0.6) is 0 Å². The van der Waals surface area contributed by atoms with E-state index in [9.17, 15) is 19.2 Å². The molecule has 1 saturated heterocycles. The first-order chi connectivity index (χ1) is 14.3. The number of urea groups is 1. The van der Waals surface area contributed by atoms with Crippen molar-refractivity contribution in [1.82, 2.24) is 15.1 Å². The van der Waals surface area contributed by atoms with Gasteiger partial charge < -0.3 is 15.5 Å². The van der Waals surface area contributed by atoms with E-state index in [1.165, 1.54) is 4.90 Å². The number of amides is 5. The maximum absolute atomic E-state index is 13.0. The zero-order valence-electron chi connectivity index (χ0n) is 17.5. The van der Waals surface area contributed by atoms with E-state index in [2.05, 4.69) is 10.6 Å². The molecule has 1 aromatic carbocycles. The number of anilines is 1. The zero-order chi connectivity index (χ0) is 21.5. The molecular weight excluding hydrogens is 384 g/mol. The first-order valence-corrected chi connectivity index (χ1v) is 10.6. The summed E-state index contributed by atoms with van der Waals surface area (Å²) in [5.74, 6) is -0.904. The Kier molecular flexibility index (Phi) is 5.26. The topological polar surface area (TPSA) is 98.8 Å². The van der Waals surface area contributed by atoms with Gasteiger partial charge in [0.1, 0.15) is 12.1 Å². The second-order valence-corrected chi connectivity index (χ2v) is 8.65. The van der Waals surface area contributed by atoms with E-state index < -0.39 is 17.5 Å². The molecule has 0 atom stereocenters. The summed E-state index contributed by atoms with van der Waals surface area (Å²) in [6.45, 7) is 1.50. The second-order valence-electron chi connectivity index (χ2n) is 8.65. The minimum absolute atomic E-state index is 0.168. The summed E-state index contributed by atoms with van der Waals surface area (Å²) in [5.41, 5.74) is 0.971. The lowest BCUT2D eigenvalue weighted by molar-refractivity contribution is -0.136. The third-order valence-corrected chi connectivity index (χ3v) is 6.47. The van der Waals surface area contributed by atoms with Crippen LogP contribution < -0.4 is 10.6 Å². The average molecular weight is 412 g/mol. The van der Waals surface area contributed by atoms with Gasteiger partial charge in [0.2, 0.25) is 5.91 Å². The number of hydrogen-bond donors (Lipinski definition) is 2. The van der Waals surface area contributed by atoms with Crippen LogP contribution in [0.3, 0.4) is 0 Å². The molecule has 1 aromatic rings. The lowest BCUT2D eigenvalue weighted by Gasteiger charge is -2.35. The van der Waals surface area contributed by atoms with E-state index >= 15 is 0 Å². The third kappa shape index (κ3) is 3.66. The lowest BCUT2D eigenvalue weighted by atomic mass is 9.81. The summed E-state index contributed by atoms with van der Waals surface area (Å²) in [7, 11) is 1.65. The van der Waals surface area contributed by atoms with Crippen LogP contribution in [0, 0.1) is 6.92 Å². The SMILES string of the molecule is Cc1ccc(C(=O)NC2CC2)cc1NC(=O)CN1C(=O)N(C)C2(CCCCC2)C1=O. The number of benzene rings is 1. The molecule has 1 spiro atoms. The van der Waals surface area contributed by atoms with Crippen LogP contribution in [-0.2, 0) is 9.59 Å². The average Bonchev–Trinajstić information content (AvgIpc) is 3.54. The van der Waals surface area contributed by atoms with Crippen molar-refractivity contribution in [2.24, 2.45) is 0 Å². The van der Waals surface area contributed by atoms with Gasteiger partial charge in [0.05, 0.1) is 0 Å². The van der Waals surface area contributed by atoms with Crippen LogP contribution in [0.4, 0.5) is 10.5 Å². The number of carbonyl (C=O) groups is 4. The van der Waals surface area contributed by atoms with E-state index in [4.69, 9.17) is 0 Å². The number of hydrogen-bond acceptors (Lipinski definition) is 4. The van der Waals surface area contributed by atoms with Crippen LogP contribution in [-0.4, -0.2) is 58.7 Å². The fraction of sp³-hybridized carbons (Fsp3) is 0.545. The Morgan fingerprint density at radius 1 is 1.13 bits per heavy atom. The van der Waals surface area contributed by atoms with Crippen molar-refractivity contribution < 1.29 is 19.2 Å². The van der Waals surface area contributed by atoms with E-state index in [1.807, 2.05) is 6.92 Å². The maximum atomic E-state index is 13.0.